The molecule has 0 unspecified atom stereocenters. The Hall–Kier alpha value is -3.24. The minimum absolute atomic E-state index is 0.137. The molecular weight excluding hydrogens is 375 g/mol. The van der Waals surface area contributed by atoms with Crippen molar-refractivity contribution in [3.8, 4) is 11.3 Å². The summed E-state index contributed by atoms with van der Waals surface area (Å²) in [6, 6.07) is 12.0. The molecule has 1 aromatic heterocycles. The van der Waals surface area contributed by atoms with Gasteiger partial charge in [-0.25, -0.2) is 27.5 Å². The highest BCUT2D eigenvalue weighted by atomic mass is 32.2. The minimum atomic E-state index is -3.96. The van der Waals surface area contributed by atoms with E-state index >= 15 is 0 Å². The molecule has 138 valence electrons. The number of hydrogen-bond donors (Lipinski definition) is 1. The number of nitro benzene ring substituents is 1. The molecule has 0 aliphatic rings. The van der Waals surface area contributed by atoms with E-state index in [-0.39, 0.29) is 22.9 Å². The Bertz CT molecular complexity index is 1090. The fourth-order valence-corrected chi connectivity index (χ4v) is 3.33. The summed E-state index contributed by atoms with van der Waals surface area (Å²) in [6.45, 7) is -0.137. The van der Waals surface area contributed by atoms with Gasteiger partial charge in [0.25, 0.3) is 5.69 Å². The highest BCUT2D eigenvalue weighted by Crippen LogP contribution is 2.19. The molecule has 0 atom stereocenters. The smallest absolute Gasteiger partial charge is 0.258 e. The number of aromatic nitrogens is 2. The van der Waals surface area contributed by atoms with Crippen molar-refractivity contribution in [2.75, 3.05) is 0 Å². The van der Waals surface area contributed by atoms with Crippen molar-refractivity contribution in [3.63, 3.8) is 0 Å². The van der Waals surface area contributed by atoms with Gasteiger partial charge in [-0.3, -0.25) is 10.1 Å². The van der Waals surface area contributed by atoms with Gasteiger partial charge < -0.3 is 0 Å². The Morgan fingerprint density at radius 1 is 1.07 bits per heavy atom. The molecule has 10 heteroatoms. The summed E-state index contributed by atoms with van der Waals surface area (Å²) in [5.41, 5.74) is 1.23. The number of sulfonamides is 1. The molecule has 0 bridgehead atoms. The van der Waals surface area contributed by atoms with Crippen LogP contribution >= 0.6 is 0 Å². The first kappa shape index (κ1) is 18.5. The van der Waals surface area contributed by atoms with E-state index in [0.29, 0.717) is 17.0 Å². The maximum absolute atomic E-state index is 13.0. The summed E-state index contributed by atoms with van der Waals surface area (Å²) in [6.07, 6.45) is 1.27. The van der Waals surface area contributed by atoms with E-state index in [1.54, 1.807) is 18.2 Å². The van der Waals surface area contributed by atoms with Crippen molar-refractivity contribution in [2.45, 2.75) is 11.4 Å². The molecule has 0 saturated carbocycles. The second-order valence-corrected chi connectivity index (χ2v) is 7.25. The minimum Gasteiger partial charge on any atom is -0.258 e. The van der Waals surface area contributed by atoms with E-state index in [1.807, 2.05) is 0 Å². The molecule has 3 aromatic rings. The lowest BCUT2D eigenvalue weighted by Gasteiger charge is -2.07. The number of nitrogens with zero attached hydrogens (tertiary/aromatic N) is 3. The Morgan fingerprint density at radius 3 is 2.52 bits per heavy atom. The predicted molar refractivity (Wildman–Crippen MR) is 94.5 cm³/mol. The van der Waals surface area contributed by atoms with Gasteiger partial charge in [0.2, 0.25) is 10.0 Å². The van der Waals surface area contributed by atoms with Crippen molar-refractivity contribution in [3.05, 3.63) is 82.6 Å². The number of nitro groups is 1. The van der Waals surface area contributed by atoms with E-state index in [0.717, 1.165) is 6.07 Å². The standard InChI is InChI=1S/C17H13FN4O4S/c18-13-6-4-12(5-7-13)17-8-14(19-11-20-17)10-21-27(25,26)16-3-1-2-15(9-16)22(23)24/h1-9,11,21H,10H2. The maximum atomic E-state index is 13.0. The van der Waals surface area contributed by atoms with Gasteiger partial charge in [-0.1, -0.05) is 6.07 Å². The molecule has 1 heterocycles. The molecule has 0 saturated heterocycles. The third kappa shape index (κ3) is 4.49. The number of nitrogens with one attached hydrogen (secondary N) is 1. The van der Waals surface area contributed by atoms with Crippen LogP contribution in [0.15, 0.2) is 65.8 Å². The quantitative estimate of drug-likeness (QED) is 0.513. The zero-order valence-electron chi connectivity index (χ0n) is 13.7. The van der Waals surface area contributed by atoms with Crippen molar-refractivity contribution < 1.29 is 17.7 Å². The number of hydrogen-bond acceptors (Lipinski definition) is 6. The molecule has 0 radical (unpaired) electrons. The van der Waals surface area contributed by atoms with Crippen LogP contribution in [-0.4, -0.2) is 23.3 Å². The van der Waals surface area contributed by atoms with Crippen LogP contribution in [0.3, 0.4) is 0 Å². The fraction of sp³-hybridized carbons (Fsp3) is 0.0588. The molecule has 0 aliphatic heterocycles. The molecule has 8 nitrogen and oxygen atoms in total. The summed E-state index contributed by atoms with van der Waals surface area (Å²) in [7, 11) is -3.96. The third-order valence-electron chi connectivity index (χ3n) is 3.65. The second-order valence-electron chi connectivity index (χ2n) is 5.48. The average molecular weight is 388 g/mol. The van der Waals surface area contributed by atoms with Gasteiger partial charge in [0, 0.05) is 17.7 Å². The highest BCUT2D eigenvalue weighted by molar-refractivity contribution is 7.89. The van der Waals surface area contributed by atoms with Crippen LogP contribution in [-0.2, 0) is 16.6 Å². The number of benzene rings is 2. The van der Waals surface area contributed by atoms with Crippen LogP contribution in [0.4, 0.5) is 10.1 Å². The lowest BCUT2D eigenvalue weighted by molar-refractivity contribution is -0.385. The zero-order valence-corrected chi connectivity index (χ0v) is 14.6. The Morgan fingerprint density at radius 2 is 1.81 bits per heavy atom. The van der Waals surface area contributed by atoms with E-state index in [1.165, 1.54) is 36.7 Å². The van der Waals surface area contributed by atoms with Crippen LogP contribution < -0.4 is 4.72 Å². The van der Waals surface area contributed by atoms with Crippen LogP contribution in [0.25, 0.3) is 11.3 Å². The van der Waals surface area contributed by atoms with Gasteiger partial charge in [0.1, 0.15) is 12.1 Å². The molecule has 0 aliphatic carbocycles. The molecule has 2 aromatic carbocycles. The van der Waals surface area contributed by atoms with E-state index in [2.05, 4.69) is 14.7 Å². The van der Waals surface area contributed by atoms with Gasteiger partial charge >= 0.3 is 0 Å². The van der Waals surface area contributed by atoms with Crippen LogP contribution in [0, 0.1) is 15.9 Å². The molecule has 27 heavy (non-hydrogen) atoms. The molecular formula is C17H13FN4O4S. The SMILES string of the molecule is O=[N+]([O-])c1cccc(S(=O)(=O)NCc2cc(-c3ccc(F)cc3)ncn2)c1. The Labute approximate surface area is 153 Å². The monoisotopic (exact) mass is 388 g/mol. The van der Waals surface area contributed by atoms with Gasteiger partial charge in [-0.05, 0) is 36.4 Å². The summed E-state index contributed by atoms with van der Waals surface area (Å²) in [5.74, 6) is -0.377. The molecule has 1 N–H and O–H groups in total. The predicted octanol–water partition coefficient (Wildman–Crippen LogP) is 2.67. The maximum Gasteiger partial charge on any atom is 0.270 e. The number of non-ortho nitro benzene ring substituents is 1. The summed E-state index contributed by atoms with van der Waals surface area (Å²) in [4.78, 5) is 18.0. The number of halogens is 1. The lowest BCUT2D eigenvalue weighted by atomic mass is 10.1. The van der Waals surface area contributed by atoms with Gasteiger partial charge in [-0.2, -0.15) is 0 Å². The summed E-state index contributed by atoms with van der Waals surface area (Å²) < 4.78 is 40.1. The molecule has 3 rings (SSSR count). The first-order valence-electron chi connectivity index (χ1n) is 7.66. The van der Waals surface area contributed by atoms with Crippen LogP contribution in [0.5, 0.6) is 0 Å². The Kier molecular flexibility index (Phi) is 5.19. The molecule has 0 fully saturated rings. The lowest BCUT2D eigenvalue weighted by Crippen LogP contribution is -2.23. The van der Waals surface area contributed by atoms with E-state index in [9.17, 15) is 22.9 Å². The van der Waals surface area contributed by atoms with Crippen LogP contribution in [0.2, 0.25) is 0 Å². The fourth-order valence-electron chi connectivity index (χ4n) is 2.29. The average Bonchev–Trinajstić information content (AvgIpc) is 2.67. The number of rotatable bonds is 6. The second kappa shape index (κ2) is 7.56. The topological polar surface area (TPSA) is 115 Å². The molecule has 0 spiro atoms. The largest absolute Gasteiger partial charge is 0.270 e. The molecule has 0 amide bonds. The zero-order chi connectivity index (χ0) is 19.4. The van der Waals surface area contributed by atoms with E-state index < -0.39 is 14.9 Å². The third-order valence-corrected chi connectivity index (χ3v) is 5.04. The van der Waals surface area contributed by atoms with Crippen molar-refractivity contribution in [2.24, 2.45) is 0 Å². The van der Waals surface area contributed by atoms with Crippen molar-refractivity contribution in [1.82, 2.24) is 14.7 Å². The summed E-state index contributed by atoms with van der Waals surface area (Å²) in [5, 5.41) is 10.8. The highest BCUT2D eigenvalue weighted by Gasteiger charge is 2.17. The van der Waals surface area contributed by atoms with Crippen molar-refractivity contribution in [1.29, 1.82) is 0 Å². The normalized spacial score (nSPS) is 11.3. The first-order chi connectivity index (χ1) is 12.8. The van der Waals surface area contributed by atoms with Gasteiger partial charge in [-0.15, -0.1) is 0 Å². The van der Waals surface area contributed by atoms with E-state index in [4.69, 9.17) is 0 Å². The van der Waals surface area contributed by atoms with Gasteiger partial charge in [0.15, 0.2) is 0 Å². The van der Waals surface area contributed by atoms with Crippen LogP contribution in [0.1, 0.15) is 5.69 Å². The van der Waals surface area contributed by atoms with Gasteiger partial charge in [0.05, 0.1) is 27.8 Å². The Balaban J connectivity index is 1.78. The summed E-state index contributed by atoms with van der Waals surface area (Å²) >= 11 is 0. The van der Waals surface area contributed by atoms with Crippen molar-refractivity contribution >= 4 is 15.7 Å². The first-order valence-corrected chi connectivity index (χ1v) is 9.14.